The minimum atomic E-state index is -0.592. The number of ether oxygens (including phenoxy) is 2. The SMILES string of the molecule is COc1cc(C(=O)NCCN2CC(C)CC(C)C2)c([N+](=O)[O-])cc1OC. The molecule has 0 radical (unpaired) electrons. The molecule has 1 heterocycles. The van der Waals surface area contributed by atoms with Crippen molar-refractivity contribution < 1.29 is 19.2 Å². The molecule has 1 aromatic carbocycles. The van der Waals surface area contributed by atoms with E-state index < -0.39 is 10.8 Å². The number of nitro benzene ring substituents is 1. The largest absolute Gasteiger partial charge is 0.493 e. The Balaban J connectivity index is 2.05. The second kappa shape index (κ2) is 8.84. The van der Waals surface area contributed by atoms with E-state index in [2.05, 4.69) is 24.1 Å². The quantitative estimate of drug-likeness (QED) is 0.589. The van der Waals surface area contributed by atoms with Crippen molar-refractivity contribution in [1.82, 2.24) is 10.2 Å². The number of carbonyl (C=O) groups is 1. The van der Waals surface area contributed by atoms with Crippen LogP contribution >= 0.6 is 0 Å². The number of nitrogens with zero attached hydrogens (tertiary/aromatic N) is 2. The van der Waals surface area contributed by atoms with Gasteiger partial charge in [-0.3, -0.25) is 14.9 Å². The van der Waals surface area contributed by atoms with Crippen molar-refractivity contribution >= 4 is 11.6 Å². The van der Waals surface area contributed by atoms with Crippen LogP contribution in [0.3, 0.4) is 0 Å². The zero-order valence-electron chi connectivity index (χ0n) is 15.8. The molecular formula is C18H27N3O5. The molecule has 2 unspecified atom stereocenters. The molecule has 26 heavy (non-hydrogen) atoms. The Morgan fingerprint density at radius 1 is 1.23 bits per heavy atom. The smallest absolute Gasteiger partial charge is 0.286 e. The van der Waals surface area contributed by atoms with E-state index in [0.29, 0.717) is 18.4 Å². The number of nitro groups is 1. The molecule has 2 rings (SSSR count). The number of carbonyl (C=O) groups excluding carboxylic acids is 1. The Morgan fingerprint density at radius 3 is 2.35 bits per heavy atom. The zero-order chi connectivity index (χ0) is 19.3. The summed E-state index contributed by atoms with van der Waals surface area (Å²) < 4.78 is 10.2. The molecule has 8 nitrogen and oxygen atoms in total. The van der Waals surface area contributed by atoms with Crippen molar-refractivity contribution in [3.05, 3.63) is 27.8 Å². The van der Waals surface area contributed by atoms with Crippen LogP contribution in [-0.2, 0) is 0 Å². The van der Waals surface area contributed by atoms with E-state index in [-0.39, 0.29) is 22.7 Å². The number of hydrogen-bond donors (Lipinski definition) is 1. The normalized spacial score (nSPS) is 20.5. The monoisotopic (exact) mass is 365 g/mol. The number of methoxy groups -OCH3 is 2. The molecule has 0 saturated carbocycles. The Morgan fingerprint density at radius 2 is 1.81 bits per heavy atom. The fourth-order valence-corrected chi connectivity index (χ4v) is 3.60. The average Bonchev–Trinajstić information content (AvgIpc) is 2.59. The van der Waals surface area contributed by atoms with Gasteiger partial charge >= 0.3 is 0 Å². The van der Waals surface area contributed by atoms with Gasteiger partial charge in [0.25, 0.3) is 11.6 Å². The van der Waals surface area contributed by atoms with Crippen LogP contribution in [0.2, 0.25) is 0 Å². The van der Waals surface area contributed by atoms with Gasteiger partial charge < -0.3 is 19.7 Å². The van der Waals surface area contributed by atoms with Crippen LogP contribution in [0.5, 0.6) is 11.5 Å². The minimum Gasteiger partial charge on any atom is -0.493 e. The second-order valence-corrected chi connectivity index (χ2v) is 6.94. The fourth-order valence-electron chi connectivity index (χ4n) is 3.60. The second-order valence-electron chi connectivity index (χ2n) is 6.94. The van der Waals surface area contributed by atoms with E-state index in [1.165, 1.54) is 32.8 Å². The lowest BCUT2D eigenvalue weighted by Gasteiger charge is -2.34. The Kier molecular flexibility index (Phi) is 6.79. The third-order valence-corrected chi connectivity index (χ3v) is 4.60. The number of hydrogen-bond acceptors (Lipinski definition) is 6. The first-order valence-corrected chi connectivity index (χ1v) is 8.76. The number of likely N-dealkylation sites (tertiary alicyclic amines) is 1. The summed E-state index contributed by atoms with van der Waals surface area (Å²) in [6, 6.07) is 2.55. The number of amides is 1. The third-order valence-electron chi connectivity index (χ3n) is 4.60. The first-order valence-electron chi connectivity index (χ1n) is 8.76. The lowest BCUT2D eigenvalue weighted by Crippen LogP contribution is -2.42. The van der Waals surface area contributed by atoms with Gasteiger partial charge in [-0.05, 0) is 18.3 Å². The standard InChI is InChI=1S/C18H27N3O5/c1-12-7-13(2)11-20(10-12)6-5-19-18(22)14-8-16(25-3)17(26-4)9-15(14)21(23)24/h8-9,12-13H,5-7,10-11H2,1-4H3,(H,19,22). The summed E-state index contributed by atoms with van der Waals surface area (Å²) in [6.07, 6.45) is 1.22. The van der Waals surface area contributed by atoms with Gasteiger partial charge in [0, 0.05) is 32.2 Å². The molecule has 1 N–H and O–H groups in total. The van der Waals surface area contributed by atoms with Crippen LogP contribution < -0.4 is 14.8 Å². The predicted octanol–water partition coefficient (Wildman–Crippen LogP) is 2.32. The van der Waals surface area contributed by atoms with Crippen LogP contribution in [0.25, 0.3) is 0 Å². The number of piperidine rings is 1. The fraction of sp³-hybridized carbons (Fsp3) is 0.611. The summed E-state index contributed by atoms with van der Waals surface area (Å²) in [4.78, 5) is 25.5. The Hall–Kier alpha value is -2.35. The number of nitrogens with one attached hydrogen (secondary N) is 1. The Labute approximate surface area is 153 Å². The highest BCUT2D eigenvalue weighted by Crippen LogP contribution is 2.34. The van der Waals surface area contributed by atoms with Crippen molar-refractivity contribution in [2.45, 2.75) is 20.3 Å². The highest BCUT2D eigenvalue weighted by Gasteiger charge is 2.25. The van der Waals surface area contributed by atoms with Gasteiger partial charge in [0.2, 0.25) is 0 Å². The molecular weight excluding hydrogens is 338 g/mol. The molecule has 1 amide bonds. The van der Waals surface area contributed by atoms with Gasteiger partial charge in [0.15, 0.2) is 11.5 Å². The highest BCUT2D eigenvalue weighted by atomic mass is 16.6. The minimum absolute atomic E-state index is 0.0342. The molecule has 1 aliphatic rings. The lowest BCUT2D eigenvalue weighted by molar-refractivity contribution is -0.385. The molecule has 0 bridgehead atoms. The van der Waals surface area contributed by atoms with Crippen LogP contribution in [-0.4, -0.2) is 56.1 Å². The molecule has 1 aliphatic heterocycles. The van der Waals surface area contributed by atoms with Crippen LogP contribution in [0, 0.1) is 22.0 Å². The van der Waals surface area contributed by atoms with Crippen LogP contribution in [0.15, 0.2) is 12.1 Å². The van der Waals surface area contributed by atoms with Gasteiger partial charge in [0.05, 0.1) is 25.2 Å². The molecule has 1 fully saturated rings. The average molecular weight is 365 g/mol. The number of rotatable bonds is 7. The van der Waals surface area contributed by atoms with Crippen molar-refractivity contribution in [3.8, 4) is 11.5 Å². The highest BCUT2D eigenvalue weighted by molar-refractivity contribution is 5.99. The van der Waals surface area contributed by atoms with Crippen molar-refractivity contribution in [1.29, 1.82) is 0 Å². The van der Waals surface area contributed by atoms with Crippen molar-refractivity contribution in [3.63, 3.8) is 0 Å². The van der Waals surface area contributed by atoms with E-state index in [1.807, 2.05) is 0 Å². The molecule has 8 heteroatoms. The maximum absolute atomic E-state index is 12.5. The van der Waals surface area contributed by atoms with Crippen molar-refractivity contribution in [2.75, 3.05) is 40.4 Å². The molecule has 2 atom stereocenters. The summed E-state index contributed by atoms with van der Waals surface area (Å²) in [5.41, 5.74) is -0.339. The van der Waals surface area contributed by atoms with Crippen molar-refractivity contribution in [2.24, 2.45) is 11.8 Å². The summed E-state index contributed by atoms with van der Waals surface area (Å²) >= 11 is 0. The summed E-state index contributed by atoms with van der Waals surface area (Å²) in [7, 11) is 2.81. The maximum Gasteiger partial charge on any atom is 0.286 e. The van der Waals surface area contributed by atoms with Gasteiger partial charge in [-0.2, -0.15) is 0 Å². The van der Waals surface area contributed by atoms with Gasteiger partial charge in [-0.1, -0.05) is 13.8 Å². The molecule has 0 aromatic heterocycles. The van der Waals surface area contributed by atoms with Gasteiger partial charge in [-0.15, -0.1) is 0 Å². The summed E-state index contributed by atoms with van der Waals surface area (Å²) in [6.45, 7) is 7.64. The van der Waals surface area contributed by atoms with Crippen LogP contribution in [0.1, 0.15) is 30.6 Å². The number of benzene rings is 1. The van der Waals surface area contributed by atoms with E-state index in [9.17, 15) is 14.9 Å². The molecule has 1 aromatic rings. The molecule has 144 valence electrons. The zero-order valence-corrected chi connectivity index (χ0v) is 15.8. The first kappa shape index (κ1) is 20.0. The van der Waals surface area contributed by atoms with Gasteiger partial charge in [-0.25, -0.2) is 0 Å². The first-order chi connectivity index (χ1) is 12.3. The third kappa shape index (κ3) is 4.85. The predicted molar refractivity (Wildman–Crippen MR) is 97.9 cm³/mol. The maximum atomic E-state index is 12.5. The lowest BCUT2D eigenvalue weighted by atomic mass is 9.92. The molecule has 1 saturated heterocycles. The Bertz CT molecular complexity index is 654. The van der Waals surface area contributed by atoms with E-state index in [1.54, 1.807) is 0 Å². The van der Waals surface area contributed by atoms with E-state index >= 15 is 0 Å². The molecule has 0 spiro atoms. The summed E-state index contributed by atoms with van der Waals surface area (Å²) in [5, 5.41) is 14.1. The van der Waals surface area contributed by atoms with Crippen LogP contribution in [0.4, 0.5) is 5.69 Å². The summed E-state index contributed by atoms with van der Waals surface area (Å²) in [5.74, 6) is 1.28. The topological polar surface area (TPSA) is 93.9 Å². The van der Waals surface area contributed by atoms with E-state index in [0.717, 1.165) is 19.6 Å². The van der Waals surface area contributed by atoms with Gasteiger partial charge in [0.1, 0.15) is 5.56 Å². The van der Waals surface area contributed by atoms with E-state index in [4.69, 9.17) is 9.47 Å². The molecule has 0 aliphatic carbocycles.